The van der Waals surface area contributed by atoms with Crippen LogP contribution in [0.5, 0.6) is 0 Å². The van der Waals surface area contributed by atoms with Crippen molar-refractivity contribution in [3.8, 4) is 0 Å². The number of hydrogen-bond donors (Lipinski definition) is 1. The van der Waals surface area contributed by atoms with Gasteiger partial charge < -0.3 is 5.32 Å². The fourth-order valence-corrected chi connectivity index (χ4v) is 3.03. The predicted molar refractivity (Wildman–Crippen MR) is 68.8 cm³/mol. The van der Waals surface area contributed by atoms with Crippen LogP contribution in [-0.2, 0) is 6.54 Å². The van der Waals surface area contributed by atoms with Gasteiger partial charge in [-0.25, -0.2) is 4.98 Å². The van der Waals surface area contributed by atoms with Gasteiger partial charge in [0.05, 0.1) is 5.01 Å². The van der Waals surface area contributed by atoms with E-state index in [-0.39, 0.29) is 0 Å². The van der Waals surface area contributed by atoms with Gasteiger partial charge in [0.25, 0.3) is 0 Å². The van der Waals surface area contributed by atoms with Crippen molar-refractivity contribution in [2.45, 2.75) is 39.3 Å². The van der Waals surface area contributed by atoms with Gasteiger partial charge in [0, 0.05) is 36.8 Å². The number of nitrogens with zero attached hydrogens (tertiary/aromatic N) is 2. The first-order valence-electron chi connectivity index (χ1n) is 6.15. The van der Waals surface area contributed by atoms with Crippen LogP contribution in [0.3, 0.4) is 0 Å². The van der Waals surface area contributed by atoms with Crippen molar-refractivity contribution < 1.29 is 0 Å². The molecule has 1 fully saturated rings. The molecule has 4 heteroatoms. The van der Waals surface area contributed by atoms with E-state index in [1.54, 1.807) is 0 Å². The van der Waals surface area contributed by atoms with E-state index >= 15 is 0 Å². The highest BCUT2D eigenvalue weighted by molar-refractivity contribution is 7.11. The van der Waals surface area contributed by atoms with Crippen molar-refractivity contribution in [1.82, 2.24) is 15.2 Å². The maximum Gasteiger partial charge on any atom is 0.0897 e. The van der Waals surface area contributed by atoms with Crippen molar-refractivity contribution in [3.05, 3.63) is 16.1 Å². The van der Waals surface area contributed by atoms with Crippen LogP contribution in [0, 0.1) is 6.92 Å². The van der Waals surface area contributed by atoms with E-state index in [1.807, 2.05) is 17.5 Å². The molecule has 1 atom stereocenters. The highest BCUT2D eigenvalue weighted by Gasteiger charge is 2.21. The summed E-state index contributed by atoms with van der Waals surface area (Å²) in [5.74, 6) is 0. The third kappa shape index (κ3) is 3.27. The van der Waals surface area contributed by atoms with Crippen LogP contribution in [0.25, 0.3) is 0 Å². The van der Waals surface area contributed by atoms with Crippen molar-refractivity contribution in [2.75, 3.05) is 19.6 Å². The molecule has 1 saturated heterocycles. The average Bonchev–Trinajstić information content (AvgIpc) is 2.86. The summed E-state index contributed by atoms with van der Waals surface area (Å²) in [6, 6.07) is 0.703. The number of thiazole rings is 1. The molecule has 1 aliphatic heterocycles. The van der Waals surface area contributed by atoms with Gasteiger partial charge in [0.2, 0.25) is 0 Å². The number of likely N-dealkylation sites (tertiary alicyclic amines) is 1. The lowest BCUT2D eigenvalue weighted by atomic mass is 10.2. The van der Waals surface area contributed by atoms with Gasteiger partial charge in [-0.2, -0.15) is 0 Å². The Hall–Kier alpha value is -0.450. The van der Waals surface area contributed by atoms with Crippen LogP contribution in [0.1, 0.15) is 29.7 Å². The largest absolute Gasteiger partial charge is 0.313 e. The highest BCUT2D eigenvalue weighted by atomic mass is 32.1. The van der Waals surface area contributed by atoms with E-state index in [0.29, 0.717) is 6.04 Å². The zero-order valence-electron chi connectivity index (χ0n) is 10.2. The molecule has 1 aromatic heterocycles. The fraction of sp³-hybridized carbons (Fsp3) is 0.750. The summed E-state index contributed by atoms with van der Waals surface area (Å²) in [6.45, 7) is 8.94. The van der Waals surface area contributed by atoms with Gasteiger partial charge in [-0.15, -0.1) is 11.3 Å². The maximum atomic E-state index is 4.30. The smallest absolute Gasteiger partial charge is 0.0897 e. The quantitative estimate of drug-likeness (QED) is 0.852. The van der Waals surface area contributed by atoms with Gasteiger partial charge in [-0.05, 0) is 26.3 Å². The molecular formula is C12H21N3S. The minimum atomic E-state index is 0.703. The van der Waals surface area contributed by atoms with Crippen molar-refractivity contribution in [2.24, 2.45) is 0 Å². The summed E-state index contributed by atoms with van der Waals surface area (Å²) < 4.78 is 0. The Balaban J connectivity index is 1.76. The summed E-state index contributed by atoms with van der Waals surface area (Å²) in [6.07, 6.45) is 4.54. The lowest BCUT2D eigenvalue weighted by molar-refractivity contribution is 0.323. The van der Waals surface area contributed by atoms with Crippen LogP contribution in [0.2, 0.25) is 0 Å². The van der Waals surface area contributed by atoms with Crippen molar-refractivity contribution in [3.63, 3.8) is 0 Å². The molecule has 0 aliphatic carbocycles. The summed E-state index contributed by atoms with van der Waals surface area (Å²) in [4.78, 5) is 8.23. The Kier molecular flexibility index (Phi) is 4.32. The van der Waals surface area contributed by atoms with Gasteiger partial charge >= 0.3 is 0 Å². The van der Waals surface area contributed by atoms with E-state index in [9.17, 15) is 0 Å². The molecule has 3 nitrogen and oxygen atoms in total. The van der Waals surface area contributed by atoms with Crippen LogP contribution < -0.4 is 5.32 Å². The summed E-state index contributed by atoms with van der Waals surface area (Å²) in [5, 5.41) is 4.77. The molecule has 1 aromatic rings. The molecule has 0 spiro atoms. The molecule has 1 aliphatic rings. The molecule has 0 aromatic carbocycles. The van der Waals surface area contributed by atoms with E-state index in [4.69, 9.17) is 0 Å². The van der Waals surface area contributed by atoms with Crippen LogP contribution in [0.15, 0.2) is 6.20 Å². The second-order valence-electron chi connectivity index (χ2n) is 4.52. The minimum absolute atomic E-state index is 0.703. The minimum Gasteiger partial charge on any atom is -0.313 e. The molecule has 1 N–H and O–H groups in total. The second kappa shape index (κ2) is 5.75. The number of nitrogens with one attached hydrogen (secondary N) is 1. The first-order valence-corrected chi connectivity index (χ1v) is 6.96. The topological polar surface area (TPSA) is 28.2 Å². The van der Waals surface area contributed by atoms with Gasteiger partial charge in [0.15, 0.2) is 0 Å². The highest BCUT2D eigenvalue weighted by Crippen LogP contribution is 2.17. The molecule has 1 unspecified atom stereocenters. The van der Waals surface area contributed by atoms with Crippen molar-refractivity contribution >= 4 is 11.3 Å². The van der Waals surface area contributed by atoms with E-state index < -0.39 is 0 Å². The molecule has 90 valence electrons. The molecule has 0 amide bonds. The standard InChI is InChI=1S/C12H21N3S/c1-3-5-13-11-4-6-15(8-11)9-12-7-14-10(2)16-12/h7,11,13H,3-6,8-9H2,1-2H3. The molecule has 0 saturated carbocycles. The first kappa shape index (κ1) is 12.0. The SMILES string of the molecule is CCCNC1CCN(Cc2cnc(C)s2)C1. The van der Waals surface area contributed by atoms with Crippen LogP contribution in [-0.4, -0.2) is 35.6 Å². The lowest BCUT2D eigenvalue weighted by Gasteiger charge is -2.15. The van der Waals surface area contributed by atoms with E-state index in [0.717, 1.165) is 13.1 Å². The fourth-order valence-electron chi connectivity index (χ4n) is 2.19. The normalized spacial score (nSPS) is 21.8. The number of aromatic nitrogens is 1. The number of aryl methyl sites for hydroxylation is 1. The Morgan fingerprint density at radius 2 is 2.50 bits per heavy atom. The predicted octanol–water partition coefficient (Wildman–Crippen LogP) is 2.03. The Morgan fingerprint density at radius 1 is 1.62 bits per heavy atom. The van der Waals surface area contributed by atoms with Crippen LogP contribution in [0.4, 0.5) is 0 Å². The molecule has 16 heavy (non-hydrogen) atoms. The molecule has 2 rings (SSSR count). The molecule has 0 bridgehead atoms. The molecule has 0 radical (unpaired) electrons. The third-order valence-electron chi connectivity index (χ3n) is 3.00. The van der Waals surface area contributed by atoms with Gasteiger partial charge in [-0.3, -0.25) is 4.90 Å². The van der Waals surface area contributed by atoms with Crippen LogP contribution >= 0.6 is 11.3 Å². The number of hydrogen-bond acceptors (Lipinski definition) is 4. The lowest BCUT2D eigenvalue weighted by Crippen LogP contribution is -2.32. The van der Waals surface area contributed by atoms with E-state index in [2.05, 4.69) is 29.0 Å². The Morgan fingerprint density at radius 3 is 3.19 bits per heavy atom. The third-order valence-corrected chi connectivity index (χ3v) is 3.90. The average molecular weight is 239 g/mol. The zero-order valence-corrected chi connectivity index (χ0v) is 11.0. The van der Waals surface area contributed by atoms with Gasteiger partial charge in [-0.1, -0.05) is 6.92 Å². The van der Waals surface area contributed by atoms with Crippen molar-refractivity contribution in [1.29, 1.82) is 0 Å². The maximum absolute atomic E-state index is 4.30. The zero-order chi connectivity index (χ0) is 11.4. The molecule has 2 heterocycles. The van der Waals surface area contributed by atoms with E-state index in [1.165, 1.54) is 35.8 Å². The molecular weight excluding hydrogens is 218 g/mol. The summed E-state index contributed by atoms with van der Waals surface area (Å²) in [5.41, 5.74) is 0. The second-order valence-corrected chi connectivity index (χ2v) is 5.84. The monoisotopic (exact) mass is 239 g/mol. The first-order chi connectivity index (χ1) is 7.78. The van der Waals surface area contributed by atoms with Gasteiger partial charge in [0.1, 0.15) is 0 Å². The summed E-state index contributed by atoms with van der Waals surface area (Å²) >= 11 is 1.82. The Bertz CT molecular complexity index is 324. The number of rotatable bonds is 5. The summed E-state index contributed by atoms with van der Waals surface area (Å²) in [7, 11) is 0. The Labute approximate surface area is 102 Å².